The molecule has 0 amide bonds. The quantitative estimate of drug-likeness (QED) is 0.420. The van der Waals surface area contributed by atoms with Crippen molar-refractivity contribution < 1.29 is 46.5 Å². The Morgan fingerprint density at radius 3 is 2.62 bits per heavy atom. The van der Waals surface area contributed by atoms with Crippen LogP contribution in [0.5, 0.6) is 0 Å². The predicted octanol–water partition coefficient (Wildman–Crippen LogP) is 1.17. The molecule has 4 aliphatic heterocycles. The van der Waals surface area contributed by atoms with Gasteiger partial charge in [-0.25, -0.2) is 19.1 Å². The van der Waals surface area contributed by atoms with Crippen LogP contribution in [0.2, 0.25) is 0 Å². The van der Waals surface area contributed by atoms with Gasteiger partial charge in [-0.1, -0.05) is 0 Å². The van der Waals surface area contributed by atoms with Gasteiger partial charge >= 0.3 is 15.6 Å². The summed E-state index contributed by atoms with van der Waals surface area (Å²) >= 11 is 0. The van der Waals surface area contributed by atoms with E-state index in [1.807, 2.05) is 0 Å². The monoisotopic (exact) mass is 521 g/mol. The Bertz CT molecular complexity index is 1250. The van der Waals surface area contributed by atoms with Crippen LogP contribution in [0.15, 0.2) is 12.7 Å². The summed E-state index contributed by atoms with van der Waals surface area (Å²) in [5.41, 5.74) is 0.897. The first-order chi connectivity index (χ1) is 15.9. The zero-order chi connectivity index (χ0) is 24.3. The topological polar surface area (TPSA) is 189 Å². The smallest absolute Gasteiger partial charge is 0.347 e. The summed E-state index contributed by atoms with van der Waals surface area (Å²) in [6, 6.07) is 0. The number of rotatable bonds is 0. The molecule has 2 unspecified atom stereocenters. The molecule has 6 heterocycles. The summed E-state index contributed by atoms with van der Waals surface area (Å²) in [6.07, 6.45) is 0.726. The fraction of sp³-hybridized carbons (Fsp3) is 0.706. The average molecular weight is 521 g/mol. The third-order valence-electron chi connectivity index (χ3n) is 5.65. The lowest BCUT2D eigenvalue weighted by molar-refractivity contribution is -0.199. The van der Waals surface area contributed by atoms with Crippen molar-refractivity contribution in [2.45, 2.75) is 63.6 Å². The van der Waals surface area contributed by atoms with Gasteiger partial charge in [0.15, 0.2) is 23.1 Å². The van der Waals surface area contributed by atoms with Crippen LogP contribution >= 0.6 is 15.6 Å². The lowest BCUT2D eigenvalue weighted by atomic mass is 10.1. The highest BCUT2D eigenvalue weighted by molar-refractivity contribution is 7.61. The molecule has 6 rings (SSSR count). The molecule has 0 radical (unpaired) electrons. The maximum Gasteiger partial charge on any atom is 0.481 e. The summed E-state index contributed by atoms with van der Waals surface area (Å²) in [6.45, 7) is 3.08. The van der Waals surface area contributed by atoms with Crippen molar-refractivity contribution in [1.29, 1.82) is 5.41 Å². The fourth-order valence-corrected chi connectivity index (χ4v) is 6.37. The first-order valence-corrected chi connectivity index (χ1v) is 13.6. The number of hydrogen-bond acceptors (Lipinski definition) is 11. The second kappa shape index (κ2) is 8.56. The van der Waals surface area contributed by atoms with Crippen LogP contribution in [0.3, 0.4) is 0 Å². The number of nitrogens with zero attached hydrogens (tertiary/aromatic N) is 4. The third-order valence-corrected chi connectivity index (χ3v) is 8.29. The van der Waals surface area contributed by atoms with Gasteiger partial charge in [-0.3, -0.25) is 19.0 Å². The summed E-state index contributed by atoms with van der Waals surface area (Å²) in [5, 5.41) is 8.51. The Morgan fingerprint density at radius 2 is 1.82 bits per heavy atom. The minimum Gasteiger partial charge on any atom is -0.347 e. The second-order valence-electron chi connectivity index (χ2n) is 8.60. The van der Waals surface area contributed by atoms with E-state index in [1.165, 1.54) is 12.7 Å². The van der Waals surface area contributed by atoms with E-state index in [4.69, 9.17) is 28.7 Å². The van der Waals surface area contributed by atoms with Gasteiger partial charge in [0.1, 0.15) is 23.8 Å². The molecule has 3 N–H and O–H groups in total. The molecule has 0 aromatic carbocycles. The van der Waals surface area contributed by atoms with Crippen LogP contribution in [-0.4, -0.2) is 66.2 Å². The van der Waals surface area contributed by atoms with E-state index in [0.29, 0.717) is 30.6 Å². The third kappa shape index (κ3) is 4.65. The molecule has 15 nitrogen and oxygen atoms in total. The van der Waals surface area contributed by atoms with Gasteiger partial charge in [0.05, 0.1) is 25.9 Å². The van der Waals surface area contributed by atoms with Gasteiger partial charge in [0.25, 0.3) is 0 Å². The van der Waals surface area contributed by atoms with E-state index < -0.39 is 52.6 Å². The van der Waals surface area contributed by atoms with E-state index in [9.17, 15) is 18.9 Å². The second-order valence-corrected chi connectivity index (χ2v) is 11.6. The molecule has 0 saturated carbocycles. The SMILES string of the molecule is CC1(C)O[C@@H]2[C@H](O1)[C@H]1COP(=O)(O)OP(=O)(O)OCCCCn3cnc4c(ncn4[C@@H]2O1)c3=N. The number of aryl methyl sites for hydroxylation is 1. The minimum atomic E-state index is -4.98. The molecule has 6 atom stereocenters. The molecule has 188 valence electrons. The highest BCUT2D eigenvalue weighted by atomic mass is 31.3. The van der Waals surface area contributed by atoms with Crippen molar-refractivity contribution in [3.05, 3.63) is 18.1 Å². The number of phosphoric acid groups is 2. The van der Waals surface area contributed by atoms with Crippen molar-refractivity contribution in [2.75, 3.05) is 13.2 Å². The van der Waals surface area contributed by atoms with Crippen molar-refractivity contribution >= 4 is 26.8 Å². The van der Waals surface area contributed by atoms with E-state index in [-0.39, 0.29) is 12.1 Å². The predicted molar refractivity (Wildman–Crippen MR) is 111 cm³/mol. The summed E-state index contributed by atoms with van der Waals surface area (Å²) in [5.74, 6) is -0.978. The molecule has 0 aliphatic carbocycles. The molecule has 0 spiro atoms. The van der Waals surface area contributed by atoms with Crippen molar-refractivity contribution in [3.63, 3.8) is 0 Å². The maximum atomic E-state index is 12.3. The van der Waals surface area contributed by atoms with E-state index in [2.05, 4.69) is 14.3 Å². The first-order valence-electron chi connectivity index (χ1n) is 10.6. The van der Waals surface area contributed by atoms with Crippen LogP contribution in [0.4, 0.5) is 0 Å². The van der Waals surface area contributed by atoms with Gasteiger partial charge < -0.3 is 28.6 Å². The highest BCUT2D eigenvalue weighted by Crippen LogP contribution is 2.60. The molecule has 2 aromatic rings. The number of hydrogen-bond donors (Lipinski definition) is 3. The van der Waals surface area contributed by atoms with Crippen LogP contribution in [0.1, 0.15) is 32.9 Å². The van der Waals surface area contributed by atoms with Crippen LogP contribution in [0.25, 0.3) is 11.2 Å². The number of ether oxygens (including phenoxy) is 3. The van der Waals surface area contributed by atoms with Crippen molar-refractivity contribution in [2.24, 2.45) is 0 Å². The Kier molecular flexibility index (Phi) is 6.09. The summed E-state index contributed by atoms with van der Waals surface area (Å²) in [4.78, 5) is 28.6. The minimum absolute atomic E-state index is 0.140. The Labute approximate surface area is 193 Å². The summed E-state index contributed by atoms with van der Waals surface area (Å²) in [7, 11) is -9.85. The van der Waals surface area contributed by atoms with Crippen molar-refractivity contribution in [3.8, 4) is 0 Å². The lowest BCUT2D eigenvalue weighted by Crippen LogP contribution is -2.32. The van der Waals surface area contributed by atoms with E-state index in [0.717, 1.165) is 0 Å². The molecule has 2 aromatic heterocycles. The van der Waals surface area contributed by atoms with Crippen molar-refractivity contribution in [1.82, 2.24) is 19.1 Å². The van der Waals surface area contributed by atoms with Crippen LogP contribution in [-0.2, 0) is 43.2 Å². The van der Waals surface area contributed by atoms with Gasteiger partial charge in [-0.05, 0) is 26.7 Å². The number of fused-ring (bicyclic) bond motifs is 11. The highest BCUT2D eigenvalue weighted by Gasteiger charge is 2.56. The molecule has 4 aliphatic rings. The van der Waals surface area contributed by atoms with Crippen LogP contribution < -0.4 is 5.49 Å². The van der Waals surface area contributed by atoms with Crippen LogP contribution in [0, 0.1) is 5.41 Å². The first kappa shape index (κ1) is 24.2. The van der Waals surface area contributed by atoms with Gasteiger partial charge in [0.2, 0.25) is 0 Å². The normalized spacial score (nSPS) is 38.7. The number of imidazole rings is 1. The van der Waals surface area contributed by atoms with E-state index in [1.54, 1.807) is 23.0 Å². The maximum absolute atomic E-state index is 12.3. The molecule has 2 saturated heterocycles. The molecular weight excluding hydrogens is 496 g/mol. The zero-order valence-electron chi connectivity index (χ0n) is 18.3. The van der Waals surface area contributed by atoms with E-state index >= 15 is 0 Å². The fourth-order valence-electron chi connectivity index (χ4n) is 4.25. The van der Waals surface area contributed by atoms with Gasteiger partial charge in [-0.15, -0.1) is 0 Å². The lowest BCUT2D eigenvalue weighted by Gasteiger charge is -2.25. The zero-order valence-corrected chi connectivity index (χ0v) is 20.1. The van der Waals surface area contributed by atoms with Gasteiger partial charge in [-0.2, -0.15) is 4.31 Å². The largest absolute Gasteiger partial charge is 0.481 e. The number of nitrogens with one attached hydrogen (secondary N) is 1. The molecule has 17 heteroatoms. The Balaban J connectivity index is 1.53. The molecule has 2 fully saturated rings. The number of phosphoric ester groups is 2. The summed E-state index contributed by atoms with van der Waals surface area (Å²) < 4.78 is 59.7. The molecule has 34 heavy (non-hydrogen) atoms. The standard InChI is InChI=1S/C17H25N5O10P2/c1-17(2)30-12-10-7-28-34(25,26)32-33(23,24)27-6-4-3-5-21-8-20-15-11(14(21)18)19-9-22(15)16(29-10)13(12)31-17/h8-10,12-13,16,18H,3-7H2,1-2H3,(H,23,24)(H,25,26)/t10-,12-,13-,16-/m1/s1. The average Bonchev–Trinajstić information content (AvgIpc) is 3.37. The molecule has 6 bridgehead atoms. The number of aromatic nitrogens is 4. The Morgan fingerprint density at radius 1 is 1.09 bits per heavy atom. The van der Waals surface area contributed by atoms with Gasteiger partial charge in [0, 0.05) is 6.54 Å². The molecular formula is C17H25N5O10P2. The Hall–Kier alpha value is -1.51.